The molecule has 2 aliphatic carbocycles. The number of nitrogens with one attached hydrogen (secondary N) is 3. The number of hydrogen-bond donors (Lipinski definition) is 3. The molecule has 16 heteroatoms. The number of anilines is 4. The average Bonchev–Trinajstić information content (AvgIpc) is 3.82. The second-order valence-corrected chi connectivity index (χ2v) is 20.7. The standard InChI is InChI=1S/C48H54N8O7S/c1-30-27-55(44-21-33-14-17-49-45(33)51-47(44)63-30)42-22-34(53-28-48(29-53)24-35(25-48)54-18-4-7-41(54)38-6-3-2-5-37(38)32-8-9-32)10-12-39(42)46(57)52-64(60,61)36-11-13-40(43(23-36)56(58)59)50-26-31-15-19-62-20-16-31/h2-3,5-6,10-14,17,21-23,30-32,35,41,50H,4,7-9,15-16,18-20,24-29H2,1H3,(H,49,51)(H,52,57)/t30-,41?/m1/s1. The van der Waals surface area contributed by atoms with Crippen LogP contribution < -0.4 is 24.6 Å². The lowest BCUT2D eigenvalue weighted by Crippen LogP contribution is -2.66. The number of H-pyrrole nitrogens is 1. The Hall–Kier alpha value is -5.71. The number of hydrogen-bond acceptors (Lipinski definition) is 12. The number of carbonyl (C=O) groups excluding carboxylic acids is 1. The summed E-state index contributed by atoms with van der Waals surface area (Å²) in [7, 11) is -4.55. The molecule has 64 heavy (non-hydrogen) atoms. The van der Waals surface area contributed by atoms with E-state index in [1.54, 1.807) is 17.2 Å². The minimum absolute atomic E-state index is 0.135. The molecular weight excluding hydrogens is 833 g/mol. The quantitative estimate of drug-likeness (QED) is 0.0814. The fourth-order valence-corrected chi connectivity index (χ4v) is 12.1. The third kappa shape index (κ3) is 7.62. The zero-order chi connectivity index (χ0) is 43.7. The van der Waals surface area contributed by atoms with Crippen molar-refractivity contribution < 1.29 is 27.6 Å². The zero-order valence-electron chi connectivity index (χ0n) is 36.0. The Bertz CT molecular complexity index is 2740. The van der Waals surface area contributed by atoms with Crippen LogP contribution in [0.5, 0.6) is 5.88 Å². The van der Waals surface area contributed by atoms with Crippen molar-refractivity contribution in [3.05, 3.63) is 106 Å². The van der Waals surface area contributed by atoms with Gasteiger partial charge in [0.2, 0.25) is 5.88 Å². The zero-order valence-corrected chi connectivity index (χ0v) is 36.8. The molecule has 11 rings (SSSR count). The van der Waals surface area contributed by atoms with Gasteiger partial charge in [0.05, 0.1) is 27.6 Å². The Labute approximate surface area is 372 Å². The maximum Gasteiger partial charge on any atom is 0.293 e. The monoisotopic (exact) mass is 886 g/mol. The lowest BCUT2D eigenvalue weighted by atomic mass is 9.60. The van der Waals surface area contributed by atoms with Gasteiger partial charge in [0.1, 0.15) is 23.1 Å². The second-order valence-electron chi connectivity index (χ2n) is 19.0. The first-order valence-electron chi connectivity index (χ1n) is 22.8. The van der Waals surface area contributed by atoms with E-state index in [0.29, 0.717) is 61.3 Å². The Kier molecular flexibility index (Phi) is 10.3. The molecule has 3 aromatic carbocycles. The van der Waals surface area contributed by atoms with Gasteiger partial charge in [-0.15, -0.1) is 0 Å². The molecule has 6 heterocycles. The van der Waals surface area contributed by atoms with E-state index in [-0.39, 0.29) is 39.3 Å². The number of rotatable bonds is 12. The van der Waals surface area contributed by atoms with E-state index in [9.17, 15) is 23.3 Å². The normalized spacial score (nSPS) is 22.5. The summed E-state index contributed by atoms with van der Waals surface area (Å²) in [5.74, 6) is 0.561. The van der Waals surface area contributed by atoms with Crippen molar-refractivity contribution >= 4 is 55.4 Å². The highest BCUT2D eigenvalue weighted by Crippen LogP contribution is 2.55. The Morgan fingerprint density at radius 3 is 2.55 bits per heavy atom. The van der Waals surface area contributed by atoms with Gasteiger partial charge in [0.15, 0.2) is 0 Å². The molecule has 1 spiro atoms. The minimum atomic E-state index is -4.55. The van der Waals surface area contributed by atoms with E-state index in [1.165, 1.54) is 37.8 Å². The van der Waals surface area contributed by atoms with Crippen LogP contribution in [0.3, 0.4) is 0 Å². The molecule has 2 aromatic heterocycles. The predicted octanol–water partition coefficient (Wildman–Crippen LogP) is 8.03. The molecule has 2 atom stereocenters. The number of nitro groups is 1. The third-order valence-electron chi connectivity index (χ3n) is 14.6. The highest BCUT2D eigenvalue weighted by Gasteiger charge is 2.55. The van der Waals surface area contributed by atoms with Gasteiger partial charge in [0, 0.05) is 73.7 Å². The van der Waals surface area contributed by atoms with E-state index in [1.807, 2.05) is 42.3 Å². The van der Waals surface area contributed by atoms with Crippen molar-refractivity contribution in [2.45, 2.75) is 87.3 Å². The number of pyridine rings is 1. The van der Waals surface area contributed by atoms with Gasteiger partial charge in [-0.25, -0.2) is 13.1 Å². The van der Waals surface area contributed by atoms with Gasteiger partial charge >= 0.3 is 0 Å². The largest absolute Gasteiger partial charge is 0.471 e. The van der Waals surface area contributed by atoms with E-state index >= 15 is 0 Å². The highest BCUT2D eigenvalue weighted by molar-refractivity contribution is 7.90. The Balaban J connectivity index is 0.849. The summed E-state index contributed by atoms with van der Waals surface area (Å²) in [6.45, 7) is 7.03. The van der Waals surface area contributed by atoms with Crippen LogP contribution in [0.25, 0.3) is 11.0 Å². The second kappa shape index (κ2) is 16.1. The number of sulfonamides is 1. The summed E-state index contributed by atoms with van der Waals surface area (Å²) in [6, 6.07) is 23.3. The Morgan fingerprint density at radius 2 is 1.77 bits per heavy atom. The predicted molar refractivity (Wildman–Crippen MR) is 244 cm³/mol. The summed E-state index contributed by atoms with van der Waals surface area (Å²) >= 11 is 0. The van der Waals surface area contributed by atoms with Crippen molar-refractivity contribution in [1.29, 1.82) is 0 Å². The van der Waals surface area contributed by atoms with Crippen LogP contribution >= 0.6 is 0 Å². The Morgan fingerprint density at radius 1 is 0.969 bits per heavy atom. The molecule has 6 aliphatic rings. The van der Waals surface area contributed by atoms with Gasteiger partial charge in [0.25, 0.3) is 21.6 Å². The van der Waals surface area contributed by atoms with Gasteiger partial charge < -0.3 is 29.6 Å². The number of aromatic nitrogens is 2. The molecule has 1 amide bonds. The smallest absolute Gasteiger partial charge is 0.293 e. The number of amides is 1. The van der Waals surface area contributed by atoms with Gasteiger partial charge in [-0.05, 0) is 130 Å². The van der Waals surface area contributed by atoms with Gasteiger partial charge in [-0.1, -0.05) is 24.3 Å². The van der Waals surface area contributed by atoms with Crippen molar-refractivity contribution in [2.75, 3.05) is 61.1 Å². The number of carbonyl (C=O) groups is 1. The lowest BCUT2D eigenvalue weighted by molar-refractivity contribution is -0.384. The number of fused-ring (bicyclic) bond motifs is 2. The molecular formula is C48H54N8O7S. The van der Waals surface area contributed by atoms with Crippen molar-refractivity contribution in [1.82, 2.24) is 19.6 Å². The van der Waals surface area contributed by atoms with E-state index < -0.39 is 20.9 Å². The van der Waals surface area contributed by atoms with E-state index in [4.69, 9.17) is 14.5 Å². The highest BCUT2D eigenvalue weighted by atomic mass is 32.2. The van der Waals surface area contributed by atoms with Crippen LogP contribution in [0, 0.1) is 21.4 Å². The van der Waals surface area contributed by atoms with Crippen molar-refractivity contribution in [2.24, 2.45) is 11.3 Å². The van der Waals surface area contributed by atoms with Crippen molar-refractivity contribution in [3.63, 3.8) is 0 Å². The number of nitrogens with zero attached hydrogens (tertiary/aromatic N) is 5. The van der Waals surface area contributed by atoms with Crippen LogP contribution in [0.2, 0.25) is 0 Å². The number of benzene rings is 3. The summed E-state index contributed by atoms with van der Waals surface area (Å²) in [4.78, 5) is 40.6. The fourth-order valence-electron chi connectivity index (χ4n) is 11.1. The maximum absolute atomic E-state index is 14.4. The molecule has 334 valence electrons. The third-order valence-corrected chi connectivity index (χ3v) is 15.9. The number of nitro benzene ring substituents is 1. The summed E-state index contributed by atoms with van der Waals surface area (Å²) in [5.41, 5.74) is 6.08. The van der Waals surface area contributed by atoms with Crippen molar-refractivity contribution in [3.8, 4) is 5.88 Å². The van der Waals surface area contributed by atoms with E-state index in [0.717, 1.165) is 68.4 Å². The summed E-state index contributed by atoms with van der Waals surface area (Å²) < 4.78 is 41.7. The summed E-state index contributed by atoms with van der Waals surface area (Å²) in [5, 5.41) is 16.2. The van der Waals surface area contributed by atoms with Crippen LogP contribution in [-0.2, 0) is 14.8 Å². The SMILES string of the molecule is C[C@@H]1CN(c2cc(N3CC4(CC(N5CCCC5c5ccccc5C5CC5)C4)C3)ccc2C(=O)NS(=O)(=O)c2ccc(NCC3CCOCC3)c([N+](=O)[O-])c2)c2cc3cc[nH]c3nc2O1. The van der Waals surface area contributed by atoms with Gasteiger partial charge in [-0.3, -0.25) is 19.8 Å². The fraction of sp³-hybridized carbons (Fsp3) is 0.458. The first kappa shape index (κ1) is 41.0. The van der Waals surface area contributed by atoms with Crippen LogP contribution in [0.15, 0.2) is 83.9 Å². The number of likely N-dealkylation sites (tertiary alicyclic amines) is 1. The molecule has 2 saturated carbocycles. The first-order chi connectivity index (χ1) is 31.0. The lowest BCUT2D eigenvalue weighted by Gasteiger charge is -2.62. The molecule has 3 saturated heterocycles. The van der Waals surface area contributed by atoms with E-state index in [2.05, 4.69) is 49.1 Å². The van der Waals surface area contributed by atoms with Crippen LogP contribution in [0.4, 0.5) is 28.4 Å². The first-order valence-corrected chi connectivity index (χ1v) is 24.3. The topological polar surface area (TPSA) is 175 Å². The minimum Gasteiger partial charge on any atom is -0.471 e. The molecule has 15 nitrogen and oxygen atoms in total. The molecule has 0 radical (unpaired) electrons. The van der Waals surface area contributed by atoms with Crippen LogP contribution in [0.1, 0.15) is 91.7 Å². The van der Waals surface area contributed by atoms with Gasteiger partial charge in [-0.2, -0.15) is 4.98 Å². The van der Waals surface area contributed by atoms with Crippen LogP contribution in [-0.4, -0.2) is 92.2 Å². The molecule has 4 aliphatic heterocycles. The molecule has 0 bridgehead atoms. The molecule has 5 fully saturated rings. The average molecular weight is 887 g/mol. The molecule has 5 aromatic rings. The summed E-state index contributed by atoms with van der Waals surface area (Å²) in [6.07, 6.45) is 10.6. The number of aromatic amines is 1. The molecule has 3 N–H and O–H groups in total. The molecule has 1 unspecified atom stereocenters. The number of ether oxygens (including phenoxy) is 2. The maximum atomic E-state index is 14.4.